The molecule has 0 saturated carbocycles. The van der Waals surface area contributed by atoms with Crippen molar-refractivity contribution >= 4 is 28.9 Å². The predicted octanol–water partition coefficient (Wildman–Crippen LogP) is 0.0708. The van der Waals surface area contributed by atoms with Gasteiger partial charge < -0.3 is 24.8 Å². The van der Waals surface area contributed by atoms with Crippen LogP contribution in [0.4, 0.5) is 5.69 Å². The number of hydrogen-bond acceptors (Lipinski definition) is 3. The van der Waals surface area contributed by atoms with Gasteiger partial charge in [0, 0.05) is 12.7 Å². The lowest BCUT2D eigenvalue weighted by molar-refractivity contribution is -0.883. The number of thiocarbonyl (C=S) groups is 1. The lowest BCUT2D eigenvalue weighted by atomic mass is 10.3. The van der Waals surface area contributed by atoms with Crippen LogP contribution < -0.4 is 15.0 Å². The SMILES string of the molecule is CCOc1ccc(NC(=S)N(C)CC(=O)N2CC[NH+](C)CC2)cc1. The summed E-state index contributed by atoms with van der Waals surface area (Å²) < 4.78 is 5.42. The van der Waals surface area contributed by atoms with Crippen LogP contribution in [-0.2, 0) is 4.79 Å². The number of anilines is 1. The molecule has 2 N–H and O–H groups in total. The van der Waals surface area contributed by atoms with Crippen LogP contribution in [0, 0.1) is 0 Å². The van der Waals surface area contributed by atoms with E-state index in [1.54, 1.807) is 4.90 Å². The zero-order valence-electron chi connectivity index (χ0n) is 14.7. The smallest absolute Gasteiger partial charge is 0.242 e. The maximum absolute atomic E-state index is 12.4. The molecule has 0 atom stereocenters. The molecule has 0 unspecified atom stereocenters. The zero-order valence-corrected chi connectivity index (χ0v) is 15.5. The van der Waals surface area contributed by atoms with Crippen LogP contribution in [0.2, 0.25) is 0 Å². The highest BCUT2D eigenvalue weighted by Gasteiger charge is 2.22. The number of benzene rings is 1. The number of rotatable bonds is 5. The Balaban J connectivity index is 1.82. The number of piperazine rings is 1. The minimum absolute atomic E-state index is 0.126. The summed E-state index contributed by atoms with van der Waals surface area (Å²) in [7, 11) is 3.99. The minimum Gasteiger partial charge on any atom is -0.494 e. The van der Waals surface area contributed by atoms with E-state index in [0.717, 1.165) is 37.6 Å². The fourth-order valence-electron chi connectivity index (χ4n) is 2.53. The maximum atomic E-state index is 12.4. The van der Waals surface area contributed by atoms with Crippen LogP contribution in [0.5, 0.6) is 5.75 Å². The van der Waals surface area contributed by atoms with Gasteiger partial charge in [-0.05, 0) is 43.4 Å². The molecule has 0 spiro atoms. The Labute approximate surface area is 149 Å². The Morgan fingerprint density at radius 3 is 2.54 bits per heavy atom. The average Bonchev–Trinajstić information content (AvgIpc) is 2.57. The number of nitrogens with zero attached hydrogens (tertiary/aromatic N) is 2. The summed E-state index contributed by atoms with van der Waals surface area (Å²) in [5.41, 5.74) is 0.881. The van der Waals surface area contributed by atoms with E-state index in [-0.39, 0.29) is 5.91 Å². The van der Waals surface area contributed by atoms with Crippen LogP contribution in [0.3, 0.4) is 0 Å². The van der Waals surface area contributed by atoms with Gasteiger partial charge in [0.15, 0.2) is 5.11 Å². The van der Waals surface area contributed by atoms with Crippen molar-refractivity contribution in [2.24, 2.45) is 0 Å². The van der Waals surface area contributed by atoms with E-state index in [2.05, 4.69) is 12.4 Å². The van der Waals surface area contributed by atoms with Gasteiger partial charge in [-0.1, -0.05) is 0 Å². The predicted molar refractivity (Wildman–Crippen MR) is 99.7 cm³/mol. The standard InChI is InChI=1S/C17H26N4O2S/c1-4-23-15-7-5-14(6-8-15)18-17(24)20(3)13-16(22)21-11-9-19(2)10-12-21/h5-8H,4,9-13H2,1-3H3,(H,18,24)/p+1. The molecule has 6 nitrogen and oxygen atoms in total. The van der Waals surface area contributed by atoms with Crippen molar-refractivity contribution in [3.63, 3.8) is 0 Å². The Hall–Kier alpha value is -1.86. The van der Waals surface area contributed by atoms with Crippen LogP contribution >= 0.6 is 12.2 Å². The van der Waals surface area contributed by atoms with E-state index in [1.807, 2.05) is 43.1 Å². The third kappa shape index (κ3) is 5.35. The highest BCUT2D eigenvalue weighted by molar-refractivity contribution is 7.80. The topological polar surface area (TPSA) is 49.2 Å². The molecule has 0 bridgehead atoms. The van der Waals surface area contributed by atoms with Crippen molar-refractivity contribution in [3.05, 3.63) is 24.3 Å². The normalized spacial score (nSPS) is 15.0. The molecule has 0 radical (unpaired) electrons. The van der Waals surface area contributed by atoms with Gasteiger partial charge in [-0.2, -0.15) is 0 Å². The first-order chi connectivity index (χ1) is 11.5. The molecule has 1 heterocycles. The van der Waals surface area contributed by atoms with Crippen molar-refractivity contribution in [1.29, 1.82) is 0 Å². The molecule has 2 rings (SSSR count). The molecule has 132 valence electrons. The maximum Gasteiger partial charge on any atom is 0.242 e. The van der Waals surface area contributed by atoms with E-state index in [9.17, 15) is 4.79 Å². The number of quaternary nitrogens is 1. The summed E-state index contributed by atoms with van der Waals surface area (Å²) in [5.74, 6) is 0.954. The third-order valence-electron chi connectivity index (χ3n) is 4.11. The highest BCUT2D eigenvalue weighted by atomic mass is 32.1. The molecule has 1 fully saturated rings. The largest absolute Gasteiger partial charge is 0.494 e. The first kappa shape index (κ1) is 18.5. The highest BCUT2D eigenvalue weighted by Crippen LogP contribution is 2.16. The van der Waals surface area contributed by atoms with Gasteiger partial charge in [-0.25, -0.2) is 0 Å². The summed E-state index contributed by atoms with van der Waals surface area (Å²) in [4.78, 5) is 17.5. The molecule has 1 aliphatic heterocycles. The number of nitrogens with one attached hydrogen (secondary N) is 2. The van der Waals surface area contributed by atoms with Crippen molar-refractivity contribution in [1.82, 2.24) is 9.80 Å². The van der Waals surface area contributed by atoms with Crippen LogP contribution in [-0.4, -0.2) is 74.2 Å². The average molecular weight is 351 g/mol. The number of hydrogen-bond donors (Lipinski definition) is 2. The van der Waals surface area contributed by atoms with E-state index < -0.39 is 0 Å². The molecule has 24 heavy (non-hydrogen) atoms. The summed E-state index contributed by atoms with van der Waals surface area (Å²) in [5, 5.41) is 3.69. The quantitative estimate of drug-likeness (QED) is 0.736. The monoisotopic (exact) mass is 351 g/mol. The van der Waals surface area contributed by atoms with Gasteiger partial charge in [-0.15, -0.1) is 0 Å². The number of amides is 1. The third-order valence-corrected chi connectivity index (χ3v) is 4.52. The van der Waals surface area contributed by atoms with Gasteiger partial charge in [0.2, 0.25) is 5.91 Å². The lowest BCUT2D eigenvalue weighted by Crippen LogP contribution is -3.12. The molecule has 1 saturated heterocycles. The first-order valence-corrected chi connectivity index (χ1v) is 8.74. The Bertz CT molecular complexity index is 556. The molecule has 7 heteroatoms. The second-order valence-corrected chi connectivity index (χ2v) is 6.47. The van der Waals surface area contributed by atoms with Crippen LogP contribution in [0.15, 0.2) is 24.3 Å². The molecular formula is C17H27N4O2S+. The summed E-state index contributed by atoms with van der Waals surface area (Å²) in [6, 6.07) is 7.62. The molecule has 1 amide bonds. The second-order valence-electron chi connectivity index (χ2n) is 6.08. The number of likely N-dealkylation sites (N-methyl/N-ethyl adjacent to an activating group) is 2. The molecular weight excluding hydrogens is 324 g/mol. The number of ether oxygens (including phenoxy) is 1. The van der Waals surface area contributed by atoms with E-state index >= 15 is 0 Å². The van der Waals surface area contributed by atoms with E-state index in [1.165, 1.54) is 4.90 Å². The Morgan fingerprint density at radius 1 is 1.33 bits per heavy atom. The fraction of sp³-hybridized carbons (Fsp3) is 0.529. The van der Waals surface area contributed by atoms with E-state index in [0.29, 0.717) is 18.3 Å². The Morgan fingerprint density at radius 2 is 1.96 bits per heavy atom. The van der Waals surface area contributed by atoms with Gasteiger partial charge in [-0.3, -0.25) is 4.79 Å². The molecule has 1 aliphatic rings. The van der Waals surface area contributed by atoms with Gasteiger partial charge in [0.25, 0.3) is 0 Å². The summed E-state index contributed by atoms with van der Waals surface area (Å²) >= 11 is 5.39. The first-order valence-electron chi connectivity index (χ1n) is 8.33. The second kappa shape index (κ2) is 8.84. The van der Waals surface area contributed by atoms with Crippen LogP contribution in [0.25, 0.3) is 0 Å². The Kier molecular flexibility index (Phi) is 6.81. The van der Waals surface area contributed by atoms with Crippen molar-refractivity contribution in [3.8, 4) is 5.75 Å². The van der Waals surface area contributed by atoms with Gasteiger partial charge >= 0.3 is 0 Å². The number of carbonyl (C=O) groups is 1. The molecule has 0 aliphatic carbocycles. The lowest BCUT2D eigenvalue weighted by Gasteiger charge is -2.31. The van der Waals surface area contributed by atoms with Crippen LogP contribution in [0.1, 0.15) is 6.92 Å². The number of carbonyl (C=O) groups excluding carboxylic acids is 1. The van der Waals surface area contributed by atoms with Crippen molar-refractivity contribution in [2.45, 2.75) is 6.92 Å². The van der Waals surface area contributed by atoms with Gasteiger partial charge in [0.1, 0.15) is 5.75 Å². The van der Waals surface area contributed by atoms with Gasteiger partial charge in [0.05, 0.1) is 46.4 Å². The van der Waals surface area contributed by atoms with Crippen molar-refractivity contribution in [2.75, 3.05) is 58.7 Å². The minimum atomic E-state index is 0.126. The molecule has 0 aromatic heterocycles. The summed E-state index contributed by atoms with van der Waals surface area (Å²) in [6.45, 7) is 6.53. The zero-order chi connectivity index (χ0) is 17.5. The summed E-state index contributed by atoms with van der Waals surface area (Å²) in [6.07, 6.45) is 0. The van der Waals surface area contributed by atoms with Crippen molar-refractivity contribution < 1.29 is 14.4 Å². The van der Waals surface area contributed by atoms with E-state index in [4.69, 9.17) is 17.0 Å². The molecule has 1 aromatic rings. The molecule has 1 aromatic carbocycles. The fourth-order valence-corrected chi connectivity index (χ4v) is 2.72.